The van der Waals surface area contributed by atoms with Gasteiger partial charge in [-0.25, -0.2) is 0 Å². The van der Waals surface area contributed by atoms with Crippen LogP contribution in [0.4, 0.5) is 8.78 Å². The third kappa shape index (κ3) is 5.29. The first-order valence-electron chi connectivity index (χ1n) is 7.81. The van der Waals surface area contributed by atoms with Crippen LogP contribution in [0.5, 0.6) is 5.75 Å². The summed E-state index contributed by atoms with van der Waals surface area (Å²) in [6, 6.07) is 5.32. The molecule has 0 atom stereocenters. The van der Waals surface area contributed by atoms with Crippen molar-refractivity contribution >= 4 is 17.6 Å². The lowest BCUT2D eigenvalue weighted by Gasteiger charge is -2.42. The highest BCUT2D eigenvalue weighted by Gasteiger charge is 2.33. The van der Waals surface area contributed by atoms with Crippen LogP contribution in [0.15, 0.2) is 18.2 Å². The third-order valence-corrected chi connectivity index (χ3v) is 4.48. The van der Waals surface area contributed by atoms with Crippen molar-refractivity contribution in [2.45, 2.75) is 45.0 Å². The van der Waals surface area contributed by atoms with Gasteiger partial charge in [0.1, 0.15) is 5.75 Å². The maximum absolute atomic E-state index is 12.2. The number of carbonyl (C=O) groups is 1. The number of benzene rings is 1. The molecular formula is C16H21ClF2N2O3. The Bertz CT molecular complexity index is 568. The lowest BCUT2D eigenvalue weighted by atomic mass is 9.85. The van der Waals surface area contributed by atoms with Crippen molar-refractivity contribution in [3.63, 3.8) is 0 Å². The zero-order valence-corrected chi connectivity index (χ0v) is 14.1. The Balaban J connectivity index is 1.77. The molecule has 0 aliphatic heterocycles. The summed E-state index contributed by atoms with van der Waals surface area (Å²) in [5.41, 5.74) is 0.878. The molecule has 0 radical (unpaired) electrons. The van der Waals surface area contributed by atoms with Crippen LogP contribution in [0.25, 0.3) is 0 Å². The highest BCUT2D eigenvalue weighted by atomic mass is 35.5. The lowest BCUT2D eigenvalue weighted by Crippen LogP contribution is -2.53. The maximum Gasteiger partial charge on any atom is 0.387 e. The average molecular weight is 363 g/mol. The predicted octanol–water partition coefficient (Wildman–Crippen LogP) is 2.97. The van der Waals surface area contributed by atoms with Crippen LogP contribution in [-0.4, -0.2) is 47.8 Å². The SMILES string of the molecule is CCN(CC(=O)O)C1CC(NCc2ccc(OC(F)F)c(Cl)c2)C1. The molecule has 1 aromatic rings. The number of ether oxygens (including phenoxy) is 1. The fraction of sp³-hybridized carbons (Fsp3) is 0.562. The van der Waals surface area contributed by atoms with Crippen molar-refractivity contribution in [2.24, 2.45) is 0 Å². The molecule has 134 valence electrons. The summed E-state index contributed by atoms with van der Waals surface area (Å²) in [6.07, 6.45) is 1.78. The Morgan fingerprint density at radius 2 is 2.21 bits per heavy atom. The standard InChI is InChI=1S/C16H21ClF2N2O3/c1-2-21(9-15(22)23)12-6-11(7-12)20-8-10-3-4-14(13(17)5-10)24-16(18)19/h3-5,11-12,16,20H,2,6-9H2,1H3,(H,22,23). The summed E-state index contributed by atoms with van der Waals surface area (Å²) in [5.74, 6) is -0.847. The van der Waals surface area contributed by atoms with E-state index < -0.39 is 12.6 Å². The van der Waals surface area contributed by atoms with E-state index in [4.69, 9.17) is 16.7 Å². The second kappa shape index (κ2) is 8.60. The molecule has 1 saturated carbocycles. The molecule has 0 aromatic heterocycles. The lowest BCUT2D eigenvalue weighted by molar-refractivity contribution is -0.139. The van der Waals surface area contributed by atoms with E-state index in [1.807, 2.05) is 11.8 Å². The Labute approximate surface area is 144 Å². The minimum absolute atomic E-state index is 0.0358. The monoisotopic (exact) mass is 362 g/mol. The van der Waals surface area contributed by atoms with Crippen LogP contribution >= 0.6 is 11.6 Å². The van der Waals surface area contributed by atoms with Crippen molar-refractivity contribution in [3.8, 4) is 5.75 Å². The van der Waals surface area contributed by atoms with Crippen LogP contribution in [-0.2, 0) is 11.3 Å². The van der Waals surface area contributed by atoms with Crippen molar-refractivity contribution in [1.82, 2.24) is 10.2 Å². The Kier molecular flexibility index (Phi) is 6.77. The van der Waals surface area contributed by atoms with Gasteiger partial charge in [0, 0.05) is 18.6 Å². The van der Waals surface area contributed by atoms with Gasteiger partial charge in [-0.1, -0.05) is 24.6 Å². The molecule has 24 heavy (non-hydrogen) atoms. The number of carboxylic acids is 1. The number of carboxylic acid groups (broad SMARTS) is 1. The summed E-state index contributed by atoms with van der Waals surface area (Å²) >= 11 is 5.92. The average Bonchev–Trinajstić information content (AvgIpc) is 2.46. The van der Waals surface area contributed by atoms with Crippen LogP contribution in [0.2, 0.25) is 5.02 Å². The van der Waals surface area contributed by atoms with Gasteiger partial charge >= 0.3 is 12.6 Å². The minimum atomic E-state index is -2.90. The van der Waals surface area contributed by atoms with Crippen LogP contribution in [0.3, 0.4) is 0 Å². The van der Waals surface area contributed by atoms with Crippen molar-refractivity contribution in [3.05, 3.63) is 28.8 Å². The van der Waals surface area contributed by atoms with Crippen molar-refractivity contribution < 1.29 is 23.4 Å². The second-order valence-electron chi connectivity index (χ2n) is 5.80. The van der Waals surface area contributed by atoms with E-state index in [9.17, 15) is 13.6 Å². The highest BCUT2D eigenvalue weighted by molar-refractivity contribution is 6.32. The number of hydrogen-bond acceptors (Lipinski definition) is 4. The predicted molar refractivity (Wildman–Crippen MR) is 86.6 cm³/mol. The molecule has 0 spiro atoms. The molecule has 2 rings (SSSR count). The molecular weight excluding hydrogens is 342 g/mol. The molecule has 0 amide bonds. The molecule has 1 fully saturated rings. The second-order valence-corrected chi connectivity index (χ2v) is 6.21. The van der Waals surface area contributed by atoms with Crippen LogP contribution in [0.1, 0.15) is 25.3 Å². The van der Waals surface area contributed by atoms with Gasteiger partial charge < -0.3 is 15.2 Å². The molecule has 2 N–H and O–H groups in total. The van der Waals surface area contributed by atoms with E-state index in [2.05, 4.69) is 10.1 Å². The Hall–Kier alpha value is -1.44. The molecule has 0 unspecified atom stereocenters. The molecule has 1 aromatic carbocycles. The third-order valence-electron chi connectivity index (χ3n) is 4.18. The van der Waals surface area contributed by atoms with E-state index >= 15 is 0 Å². The first-order chi connectivity index (χ1) is 11.4. The smallest absolute Gasteiger partial charge is 0.387 e. The zero-order chi connectivity index (χ0) is 17.7. The summed E-state index contributed by atoms with van der Waals surface area (Å²) in [7, 11) is 0. The number of nitrogens with zero attached hydrogens (tertiary/aromatic N) is 1. The molecule has 5 nitrogen and oxygen atoms in total. The van der Waals surface area contributed by atoms with Gasteiger partial charge in [0.2, 0.25) is 0 Å². The van der Waals surface area contributed by atoms with E-state index in [1.165, 1.54) is 6.07 Å². The molecule has 1 aliphatic rings. The normalized spacial score (nSPS) is 20.2. The Morgan fingerprint density at radius 1 is 1.50 bits per heavy atom. The molecule has 0 saturated heterocycles. The molecule has 1 aliphatic carbocycles. The van der Waals surface area contributed by atoms with Gasteiger partial charge in [-0.05, 0) is 37.1 Å². The molecule has 0 heterocycles. The zero-order valence-electron chi connectivity index (χ0n) is 13.3. The molecule has 8 heteroatoms. The van der Waals surface area contributed by atoms with E-state index in [0.29, 0.717) is 19.1 Å². The fourth-order valence-corrected chi connectivity index (χ4v) is 3.08. The van der Waals surface area contributed by atoms with Gasteiger partial charge in [-0.3, -0.25) is 9.69 Å². The van der Waals surface area contributed by atoms with E-state index in [0.717, 1.165) is 18.4 Å². The largest absolute Gasteiger partial charge is 0.480 e. The van der Waals surface area contributed by atoms with Gasteiger partial charge in [0.05, 0.1) is 11.6 Å². The topological polar surface area (TPSA) is 61.8 Å². The first kappa shape index (κ1) is 18.9. The number of hydrogen-bond donors (Lipinski definition) is 2. The Morgan fingerprint density at radius 3 is 2.75 bits per heavy atom. The van der Waals surface area contributed by atoms with Crippen molar-refractivity contribution in [2.75, 3.05) is 13.1 Å². The maximum atomic E-state index is 12.2. The number of rotatable bonds is 9. The van der Waals surface area contributed by atoms with Gasteiger partial charge in [-0.2, -0.15) is 8.78 Å². The van der Waals surface area contributed by atoms with Crippen LogP contribution in [0, 0.1) is 0 Å². The number of aliphatic carboxylic acids is 1. The summed E-state index contributed by atoms with van der Waals surface area (Å²) in [6.45, 7) is 0.400. The number of halogens is 3. The van der Waals surface area contributed by atoms with E-state index in [-0.39, 0.29) is 23.4 Å². The van der Waals surface area contributed by atoms with Crippen molar-refractivity contribution in [1.29, 1.82) is 0 Å². The summed E-state index contributed by atoms with van der Waals surface area (Å²) in [5, 5.41) is 12.4. The fourth-order valence-electron chi connectivity index (χ4n) is 2.83. The van der Waals surface area contributed by atoms with Crippen LogP contribution < -0.4 is 10.1 Å². The summed E-state index contributed by atoms with van der Waals surface area (Å²) < 4.78 is 28.7. The number of likely N-dealkylation sites (N-methyl/N-ethyl adjacent to an activating group) is 1. The number of alkyl halides is 2. The summed E-state index contributed by atoms with van der Waals surface area (Å²) in [4.78, 5) is 12.8. The van der Waals surface area contributed by atoms with Gasteiger partial charge in [0.15, 0.2) is 0 Å². The molecule has 0 bridgehead atoms. The van der Waals surface area contributed by atoms with E-state index in [1.54, 1.807) is 12.1 Å². The number of nitrogens with one attached hydrogen (secondary N) is 1. The quantitative estimate of drug-likeness (QED) is 0.707. The first-order valence-corrected chi connectivity index (χ1v) is 8.19. The highest BCUT2D eigenvalue weighted by Crippen LogP contribution is 2.28. The minimum Gasteiger partial charge on any atom is -0.480 e. The van der Waals surface area contributed by atoms with Gasteiger partial charge in [0.25, 0.3) is 0 Å². The van der Waals surface area contributed by atoms with Gasteiger partial charge in [-0.15, -0.1) is 0 Å².